The maximum atomic E-state index is 13.4. The van der Waals surface area contributed by atoms with Gasteiger partial charge in [-0.1, -0.05) is 74.0 Å². The molecule has 1 fully saturated rings. The second-order valence-corrected chi connectivity index (χ2v) is 7.87. The number of carbonyl (C=O) groups is 1. The average Bonchev–Trinajstić information content (AvgIpc) is 2.79. The number of morpholine rings is 1. The maximum Gasteiger partial charge on any atom is 0.242 e. The Kier molecular flexibility index (Phi) is 8.70. The molecule has 0 bridgehead atoms. The van der Waals surface area contributed by atoms with E-state index in [0.717, 1.165) is 42.3 Å². The number of likely N-dealkylation sites (N-methyl/N-ethyl adjacent to an activating group) is 1. The van der Waals surface area contributed by atoms with Gasteiger partial charge in [-0.2, -0.15) is 0 Å². The summed E-state index contributed by atoms with van der Waals surface area (Å²) in [5.41, 5.74) is 2.06. The van der Waals surface area contributed by atoms with E-state index in [-0.39, 0.29) is 18.0 Å². The second-order valence-electron chi connectivity index (χ2n) is 7.47. The van der Waals surface area contributed by atoms with Gasteiger partial charge in [-0.25, -0.2) is 0 Å². The van der Waals surface area contributed by atoms with Crippen molar-refractivity contribution in [3.05, 3.63) is 70.7 Å². The van der Waals surface area contributed by atoms with E-state index in [9.17, 15) is 4.79 Å². The highest BCUT2D eigenvalue weighted by molar-refractivity contribution is 6.31. The van der Waals surface area contributed by atoms with Crippen molar-refractivity contribution in [2.75, 3.05) is 45.9 Å². The molecular weight excluding hydrogens is 398 g/mol. The van der Waals surface area contributed by atoms with E-state index in [1.807, 2.05) is 54.6 Å². The van der Waals surface area contributed by atoms with Crippen molar-refractivity contribution >= 4 is 17.5 Å². The van der Waals surface area contributed by atoms with Crippen LogP contribution in [0.5, 0.6) is 0 Å². The molecule has 162 valence electrons. The van der Waals surface area contributed by atoms with Gasteiger partial charge in [-0.3, -0.25) is 14.6 Å². The molecule has 0 spiro atoms. The van der Waals surface area contributed by atoms with Crippen molar-refractivity contribution in [3.8, 4) is 0 Å². The van der Waals surface area contributed by atoms with Crippen LogP contribution in [0.1, 0.15) is 37.1 Å². The smallest absolute Gasteiger partial charge is 0.242 e. The van der Waals surface area contributed by atoms with E-state index in [4.69, 9.17) is 16.3 Å². The SMILES string of the molecule is CCN(CC)C(C(=O)NCC(c1ccccc1Cl)N1CCOCC1)c1ccccc1. The molecule has 5 nitrogen and oxygen atoms in total. The van der Waals surface area contributed by atoms with Crippen LogP contribution in [0.2, 0.25) is 5.02 Å². The lowest BCUT2D eigenvalue weighted by atomic mass is 10.0. The van der Waals surface area contributed by atoms with Crippen LogP contribution in [0, 0.1) is 0 Å². The van der Waals surface area contributed by atoms with Crippen molar-refractivity contribution in [2.24, 2.45) is 0 Å². The molecule has 1 heterocycles. The van der Waals surface area contributed by atoms with E-state index in [1.165, 1.54) is 0 Å². The zero-order valence-corrected chi connectivity index (χ0v) is 18.6. The van der Waals surface area contributed by atoms with Gasteiger partial charge in [0.15, 0.2) is 0 Å². The molecule has 1 aliphatic heterocycles. The lowest BCUT2D eigenvalue weighted by molar-refractivity contribution is -0.127. The number of carbonyl (C=O) groups excluding carboxylic acids is 1. The van der Waals surface area contributed by atoms with E-state index in [2.05, 4.69) is 29.0 Å². The summed E-state index contributed by atoms with van der Waals surface area (Å²) in [5.74, 6) is 0.0233. The van der Waals surface area contributed by atoms with E-state index in [1.54, 1.807) is 0 Å². The fourth-order valence-corrected chi connectivity index (χ4v) is 4.38. The van der Waals surface area contributed by atoms with Gasteiger partial charge in [-0.05, 0) is 30.3 Å². The highest BCUT2D eigenvalue weighted by Gasteiger charge is 2.29. The molecule has 30 heavy (non-hydrogen) atoms. The van der Waals surface area contributed by atoms with Crippen molar-refractivity contribution < 1.29 is 9.53 Å². The average molecular weight is 430 g/mol. The van der Waals surface area contributed by atoms with Gasteiger partial charge < -0.3 is 10.1 Å². The number of benzene rings is 2. The molecule has 1 aliphatic rings. The summed E-state index contributed by atoms with van der Waals surface area (Å²) in [5, 5.41) is 3.96. The molecule has 0 aliphatic carbocycles. The van der Waals surface area contributed by atoms with Crippen molar-refractivity contribution in [1.29, 1.82) is 0 Å². The van der Waals surface area contributed by atoms with Gasteiger partial charge in [0.05, 0.1) is 19.3 Å². The van der Waals surface area contributed by atoms with E-state index in [0.29, 0.717) is 19.8 Å². The normalized spacial score (nSPS) is 16.9. The van der Waals surface area contributed by atoms with Crippen LogP contribution in [0.15, 0.2) is 54.6 Å². The van der Waals surface area contributed by atoms with Crippen molar-refractivity contribution in [3.63, 3.8) is 0 Å². The highest BCUT2D eigenvalue weighted by atomic mass is 35.5. The number of amides is 1. The van der Waals surface area contributed by atoms with Crippen LogP contribution < -0.4 is 5.32 Å². The summed E-state index contributed by atoms with van der Waals surface area (Å²) < 4.78 is 5.53. The topological polar surface area (TPSA) is 44.8 Å². The summed E-state index contributed by atoms with van der Waals surface area (Å²) in [6, 6.07) is 17.6. The molecule has 2 aromatic rings. The summed E-state index contributed by atoms with van der Waals surface area (Å²) in [6.45, 7) is 9.34. The number of nitrogens with zero attached hydrogens (tertiary/aromatic N) is 2. The van der Waals surface area contributed by atoms with Gasteiger partial charge in [-0.15, -0.1) is 0 Å². The first-order valence-corrected chi connectivity index (χ1v) is 11.2. The molecule has 2 unspecified atom stereocenters. The first-order valence-electron chi connectivity index (χ1n) is 10.8. The number of hydrogen-bond acceptors (Lipinski definition) is 4. The van der Waals surface area contributed by atoms with Crippen LogP contribution in [0.25, 0.3) is 0 Å². The number of ether oxygens (including phenoxy) is 1. The summed E-state index contributed by atoms with van der Waals surface area (Å²) in [4.78, 5) is 17.9. The highest BCUT2D eigenvalue weighted by Crippen LogP contribution is 2.28. The lowest BCUT2D eigenvalue weighted by Crippen LogP contribution is -2.46. The minimum Gasteiger partial charge on any atom is -0.379 e. The van der Waals surface area contributed by atoms with Crippen LogP contribution in [-0.2, 0) is 9.53 Å². The molecular formula is C24H32ClN3O2. The molecule has 1 amide bonds. The zero-order chi connectivity index (χ0) is 21.3. The van der Waals surface area contributed by atoms with Crippen LogP contribution >= 0.6 is 11.6 Å². The summed E-state index contributed by atoms with van der Waals surface area (Å²) in [7, 11) is 0. The fraction of sp³-hybridized carbons (Fsp3) is 0.458. The van der Waals surface area contributed by atoms with Gasteiger partial charge in [0, 0.05) is 24.7 Å². The number of halogens is 1. The molecule has 6 heteroatoms. The van der Waals surface area contributed by atoms with Crippen LogP contribution in [0.3, 0.4) is 0 Å². The molecule has 0 saturated carbocycles. The third-order valence-electron chi connectivity index (χ3n) is 5.76. The zero-order valence-electron chi connectivity index (χ0n) is 17.9. The minimum absolute atomic E-state index is 0.0136. The van der Waals surface area contributed by atoms with E-state index < -0.39 is 0 Å². The Labute approximate surface area is 185 Å². The molecule has 0 aromatic heterocycles. The summed E-state index contributed by atoms with van der Waals surface area (Å²) >= 11 is 6.53. The number of hydrogen-bond donors (Lipinski definition) is 1. The van der Waals surface area contributed by atoms with Gasteiger partial charge >= 0.3 is 0 Å². The summed E-state index contributed by atoms with van der Waals surface area (Å²) in [6.07, 6.45) is 0. The molecule has 2 atom stereocenters. The Bertz CT molecular complexity index is 792. The molecule has 3 rings (SSSR count). The third kappa shape index (κ3) is 5.61. The standard InChI is InChI=1S/C24H32ClN3O2/c1-3-27(4-2)23(19-10-6-5-7-11-19)24(29)26-18-22(28-14-16-30-17-15-28)20-12-8-9-13-21(20)25/h5-13,22-23H,3-4,14-18H2,1-2H3,(H,26,29). The minimum atomic E-state index is -0.308. The largest absolute Gasteiger partial charge is 0.379 e. The van der Waals surface area contributed by atoms with E-state index >= 15 is 0 Å². The maximum absolute atomic E-state index is 13.4. The molecule has 0 radical (unpaired) electrons. The predicted octanol–water partition coefficient (Wildman–Crippen LogP) is 3.91. The Hall–Kier alpha value is -1.92. The Balaban J connectivity index is 1.80. The van der Waals surface area contributed by atoms with Crippen LogP contribution in [-0.4, -0.2) is 61.6 Å². The fourth-order valence-electron chi connectivity index (χ4n) is 4.12. The van der Waals surface area contributed by atoms with Gasteiger partial charge in [0.25, 0.3) is 0 Å². The predicted molar refractivity (Wildman–Crippen MR) is 122 cm³/mol. The molecule has 1 saturated heterocycles. The molecule has 1 N–H and O–H groups in total. The molecule has 2 aromatic carbocycles. The van der Waals surface area contributed by atoms with Gasteiger partial charge in [0.2, 0.25) is 5.91 Å². The third-order valence-corrected chi connectivity index (χ3v) is 6.11. The number of nitrogens with one attached hydrogen (secondary N) is 1. The first-order chi connectivity index (χ1) is 14.7. The lowest BCUT2D eigenvalue weighted by Gasteiger charge is -2.36. The first kappa shape index (κ1) is 22.8. The van der Waals surface area contributed by atoms with Crippen molar-refractivity contribution in [1.82, 2.24) is 15.1 Å². The Morgan fingerprint density at radius 2 is 1.70 bits per heavy atom. The number of rotatable bonds is 9. The van der Waals surface area contributed by atoms with Gasteiger partial charge in [0.1, 0.15) is 6.04 Å². The Morgan fingerprint density at radius 3 is 2.33 bits per heavy atom. The van der Waals surface area contributed by atoms with Crippen LogP contribution in [0.4, 0.5) is 0 Å². The second kappa shape index (κ2) is 11.5. The Morgan fingerprint density at radius 1 is 1.07 bits per heavy atom. The monoisotopic (exact) mass is 429 g/mol. The van der Waals surface area contributed by atoms with Crippen molar-refractivity contribution in [2.45, 2.75) is 25.9 Å². The quantitative estimate of drug-likeness (QED) is 0.656.